The Hall–Kier alpha value is -1.92. The number of rotatable bonds is 4. The van der Waals surface area contributed by atoms with Crippen molar-refractivity contribution in [2.75, 3.05) is 27.7 Å². The maximum atomic E-state index is 13.8. The lowest BCUT2D eigenvalue weighted by Gasteiger charge is -2.18. The van der Waals surface area contributed by atoms with E-state index in [1.54, 1.807) is 7.05 Å². The summed E-state index contributed by atoms with van der Waals surface area (Å²) in [5.41, 5.74) is -0.346. The van der Waals surface area contributed by atoms with E-state index in [1.807, 2.05) is 0 Å². The minimum absolute atomic E-state index is 0.158. The van der Waals surface area contributed by atoms with Crippen LogP contribution in [-0.2, 0) is 5.92 Å². The van der Waals surface area contributed by atoms with Crippen LogP contribution in [0.1, 0.15) is 5.69 Å². The standard InChI is InChI=1S/C11H16F2N4O/c1-14-10(15-2)16-7-11(12,13)8-5-4-6-9(17-8)18-3/h4-6H,7H2,1-3H3,(H2,14,15,16). The first-order chi connectivity index (χ1) is 8.53. The van der Waals surface area contributed by atoms with E-state index in [2.05, 4.69) is 20.6 Å². The molecule has 18 heavy (non-hydrogen) atoms. The van der Waals surface area contributed by atoms with Crippen molar-refractivity contribution in [2.24, 2.45) is 4.99 Å². The van der Waals surface area contributed by atoms with Gasteiger partial charge >= 0.3 is 5.92 Å². The Bertz CT molecular complexity index is 423. The third-order valence-corrected chi connectivity index (χ3v) is 2.25. The summed E-state index contributed by atoms with van der Waals surface area (Å²) in [5.74, 6) is -2.66. The summed E-state index contributed by atoms with van der Waals surface area (Å²) < 4.78 is 32.5. The molecule has 1 aromatic rings. The highest BCUT2D eigenvalue weighted by molar-refractivity contribution is 5.79. The molecule has 100 valence electrons. The van der Waals surface area contributed by atoms with Gasteiger partial charge < -0.3 is 15.4 Å². The van der Waals surface area contributed by atoms with Crippen LogP contribution >= 0.6 is 0 Å². The van der Waals surface area contributed by atoms with E-state index in [1.165, 1.54) is 32.4 Å². The van der Waals surface area contributed by atoms with E-state index in [9.17, 15) is 8.78 Å². The molecule has 0 aliphatic carbocycles. The molecular formula is C11H16F2N4O. The highest BCUT2D eigenvalue weighted by Gasteiger charge is 2.33. The van der Waals surface area contributed by atoms with Crippen LogP contribution in [0.4, 0.5) is 8.78 Å². The van der Waals surface area contributed by atoms with Crippen LogP contribution in [0.15, 0.2) is 23.2 Å². The first-order valence-electron chi connectivity index (χ1n) is 5.31. The summed E-state index contributed by atoms with van der Waals surface area (Å²) in [7, 11) is 4.48. The lowest BCUT2D eigenvalue weighted by Crippen LogP contribution is -2.41. The maximum Gasteiger partial charge on any atom is 0.306 e. The fraction of sp³-hybridized carbons (Fsp3) is 0.455. The Morgan fingerprint density at radius 3 is 2.78 bits per heavy atom. The zero-order valence-corrected chi connectivity index (χ0v) is 10.5. The molecule has 0 saturated heterocycles. The lowest BCUT2D eigenvalue weighted by molar-refractivity contribution is -0.00385. The Balaban J connectivity index is 2.78. The van der Waals surface area contributed by atoms with E-state index < -0.39 is 12.5 Å². The van der Waals surface area contributed by atoms with Gasteiger partial charge in [-0.1, -0.05) is 6.07 Å². The van der Waals surface area contributed by atoms with Gasteiger partial charge in [0.1, 0.15) is 5.69 Å². The van der Waals surface area contributed by atoms with Crippen molar-refractivity contribution in [3.8, 4) is 5.88 Å². The van der Waals surface area contributed by atoms with Gasteiger partial charge in [-0.15, -0.1) is 0 Å². The normalized spacial score (nSPS) is 12.2. The molecule has 5 nitrogen and oxygen atoms in total. The zero-order valence-electron chi connectivity index (χ0n) is 10.5. The fourth-order valence-corrected chi connectivity index (χ4v) is 1.30. The second-order valence-corrected chi connectivity index (χ2v) is 3.45. The second kappa shape index (κ2) is 6.13. The first-order valence-corrected chi connectivity index (χ1v) is 5.31. The molecule has 0 spiro atoms. The van der Waals surface area contributed by atoms with Crippen molar-refractivity contribution < 1.29 is 13.5 Å². The fourth-order valence-electron chi connectivity index (χ4n) is 1.30. The number of aromatic nitrogens is 1. The summed E-state index contributed by atoms with van der Waals surface area (Å²) in [5, 5.41) is 5.16. The molecule has 0 amide bonds. The number of hydrogen-bond acceptors (Lipinski definition) is 3. The minimum atomic E-state index is -3.11. The number of nitrogens with one attached hydrogen (secondary N) is 2. The molecule has 1 heterocycles. The SMILES string of the molecule is CN=C(NC)NCC(F)(F)c1cccc(OC)n1. The molecule has 0 radical (unpaired) electrons. The number of halogens is 2. The summed E-state index contributed by atoms with van der Waals surface area (Å²) in [6.07, 6.45) is 0. The van der Waals surface area contributed by atoms with Gasteiger partial charge in [0.15, 0.2) is 5.96 Å². The van der Waals surface area contributed by atoms with Crippen molar-refractivity contribution >= 4 is 5.96 Å². The van der Waals surface area contributed by atoms with Gasteiger partial charge in [-0.25, -0.2) is 4.98 Å². The predicted octanol–water partition coefficient (Wildman–Crippen LogP) is 0.977. The van der Waals surface area contributed by atoms with Crippen LogP contribution in [0.5, 0.6) is 5.88 Å². The molecule has 2 N–H and O–H groups in total. The second-order valence-electron chi connectivity index (χ2n) is 3.45. The molecule has 0 unspecified atom stereocenters. The number of methoxy groups -OCH3 is 1. The largest absolute Gasteiger partial charge is 0.481 e. The molecule has 0 atom stereocenters. The predicted molar refractivity (Wildman–Crippen MR) is 65.1 cm³/mol. The van der Waals surface area contributed by atoms with Gasteiger partial charge in [0.2, 0.25) is 5.88 Å². The van der Waals surface area contributed by atoms with E-state index in [0.717, 1.165) is 0 Å². The van der Waals surface area contributed by atoms with E-state index in [-0.39, 0.29) is 17.5 Å². The number of alkyl halides is 2. The number of ether oxygens (including phenoxy) is 1. The molecule has 1 rings (SSSR count). The van der Waals surface area contributed by atoms with Crippen LogP contribution in [0.3, 0.4) is 0 Å². The van der Waals surface area contributed by atoms with E-state index in [4.69, 9.17) is 4.74 Å². The molecule has 0 fully saturated rings. The van der Waals surface area contributed by atoms with E-state index >= 15 is 0 Å². The minimum Gasteiger partial charge on any atom is -0.481 e. The molecule has 1 aromatic heterocycles. The maximum absolute atomic E-state index is 13.8. The third kappa shape index (κ3) is 3.54. The lowest BCUT2D eigenvalue weighted by atomic mass is 10.2. The number of hydrogen-bond donors (Lipinski definition) is 2. The van der Waals surface area contributed by atoms with Crippen molar-refractivity contribution in [3.63, 3.8) is 0 Å². The average Bonchev–Trinajstić information content (AvgIpc) is 2.40. The molecule has 0 aliphatic heterocycles. The van der Waals surface area contributed by atoms with Gasteiger partial charge in [-0.3, -0.25) is 4.99 Å². The van der Waals surface area contributed by atoms with Crippen LogP contribution < -0.4 is 15.4 Å². The van der Waals surface area contributed by atoms with Crippen LogP contribution in [0.2, 0.25) is 0 Å². The van der Waals surface area contributed by atoms with Gasteiger partial charge in [-0.2, -0.15) is 8.78 Å². The third-order valence-electron chi connectivity index (χ3n) is 2.25. The molecule has 0 bridgehead atoms. The van der Waals surface area contributed by atoms with Gasteiger partial charge in [0.05, 0.1) is 13.7 Å². The first kappa shape index (κ1) is 14.1. The monoisotopic (exact) mass is 258 g/mol. The summed E-state index contributed by atoms with van der Waals surface area (Å²) >= 11 is 0. The topological polar surface area (TPSA) is 58.5 Å². The Morgan fingerprint density at radius 1 is 1.50 bits per heavy atom. The van der Waals surface area contributed by atoms with Crippen molar-refractivity contribution in [3.05, 3.63) is 23.9 Å². The molecule has 7 heteroatoms. The van der Waals surface area contributed by atoms with Crippen molar-refractivity contribution in [2.45, 2.75) is 5.92 Å². The van der Waals surface area contributed by atoms with Gasteiger partial charge in [-0.05, 0) is 6.07 Å². The smallest absolute Gasteiger partial charge is 0.306 e. The van der Waals surface area contributed by atoms with Crippen molar-refractivity contribution in [1.29, 1.82) is 0 Å². The average molecular weight is 258 g/mol. The van der Waals surface area contributed by atoms with Crippen LogP contribution in [0.25, 0.3) is 0 Å². The quantitative estimate of drug-likeness (QED) is 0.624. The zero-order chi connectivity index (χ0) is 13.6. The molecule has 0 aliphatic rings. The van der Waals surface area contributed by atoms with Crippen LogP contribution in [-0.4, -0.2) is 38.7 Å². The number of pyridine rings is 1. The highest BCUT2D eigenvalue weighted by atomic mass is 19.3. The number of aliphatic imine (C=N–C) groups is 1. The number of nitrogens with zero attached hydrogens (tertiary/aromatic N) is 2. The molecule has 0 aromatic carbocycles. The van der Waals surface area contributed by atoms with Crippen molar-refractivity contribution in [1.82, 2.24) is 15.6 Å². The van der Waals surface area contributed by atoms with Crippen LogP contribution in [0, 0.1) is 0 Å². The van der Waals surface area contributed by atoms with Gasteiger partial charge in [0.25, 0.3) is 0 Å². The molecule has 0 saturated carbocycles. The van der Waals surface area contributed by atoms with Gasteiger partial charge in [0, 0.05) is 20.2 Å². The summed E-state index contributed by atoms with van der Waals surface area (Å²) in [6.45, 7) is -0.597. The highest BCUT2D eigenvalue weighted by Crippen LogP contribution is 2.26. The molecular weight excluding hydrogens is 242 g/mol. The summed E-state index contributed by atoms with van der Waals surface area (Å²) in [4.78, 5) is 7.47. The Morgan fingerprint density at radius 2 is 2.22 bits per heavy atom. The summed E-state index contributed by atoms with van der Waals surface area (Å²) in [6, 6.07) is 4.24. The number of guanidine groups is 1. The Labute approximate surface area is 104 Å². The Kier molecular flexibility index (Phi) is 4.82. The van der Waals surface area contributed by atoms with E-state index in [0.29, 0.717) is 0 Å².